The van der Waals surface area contributed by atoms with Crippen molar-refractivity contribution in [3.05, 3.63) is 33.7 Å². The lowest BCUT2D eigenvalue weighted by molar-refractivity contribution is -0.385. The summed E-state index contributed by atoms with van der Waals surface area (Å²) in [7, 11) is 0. The van der Waals surface area contributed by atoms with E-state index < -0.39 is 22.3 Å². The van der Waals surface area contributed by atoms with Gasteiger partial charge in [-0.3, -0.25) is 14.8 Å². The van der Waals surface area contributed by atoms with Gasteiger partial charge in [-0.15, -0.1) is 0 Å². The fourth-order valence-corrected chi connectivity index (χ4v) is 1.33. The third-order valence-electron chi connectivity index (χ3n) is 2.01. The minimum absolute atomic E-state index is 0.00847. The maximum absolute atomic E-state index is 10.8. The molecule has 0 aliphatic carbocycles. The molecule has 0 saturated carbocycles. The van der Waals surface area contributed by atoms with Crippen LogP contribution in [0.3, 0.4) is 0 Å². The van der Waals surface area contributed by atoms with Crippen LogP contribution in [0.4, 0.5) is 5.69 Å². The first-order valence-electron chi connectivity index (χ1n) is 4.71. The summed E-state index contributed by atoms with van der Waals surface area (Å²) in [5.41, 5.74) is -1.21. The van der Waals surface area contributed by atoms with E-state index in [1.165, 1.54) is 0 Å². The standard InChI is InChI=1S/C8H7N5O5/c1-4-9-6(11-18-4)3-12-2-5(13(16)17)7(10-12)8(14)15/h2H,3H2,1H3,(H,14,15). The molecule has 2 rings (SSSR count). The van der Waals surface area contributed by atoms with Crippen molar-refractivity contribution in [3.63, 3.8) is 0 Å². The van der Waals surface area contributed by atoms with Crippen LogP contribution < -0.4 is 0 Å². The fourth-order valence-electron chi connectivity index (χ4n) is 1.33. The molecule has 0 saturated heterocycles. The minimum atomic E-state index is -1.47. The average Bonchev–Trinajstić information content (AvgIpc) is 2.85. The van der Waals surface area contributed by atoms with E-state index in [1.807, 2.05) is 0 Å². The van der Waals surface area contributed by atoms with Gasteiger partial charge >= 0.3 is 11.7 Å². The van der Waals surface area contributed by atoms with Crippen molar-refractivity contribution in [2.75, 3.05) is 0 Å². The molecular formula is C8H7N5O5. The number of carboxylic acid groups (broad SMARTS) is 1. The van der Waals surface area contributed by atoms with E-state index in [4.69, 9.17) is 9.63 Å². The summed E-state index contributed by atoms with van der Waals surface area (Å²) < 4.78 is 5.79. The Balaban J connectivity index is 2.32. The molecule has 0 atom stereocenters. The van der Waals surface area contributed by atoms with Crippen molar-refractivity contribution < 1.29 is 19.3 Å². The highest BCUT2D eigenvalue weighted by molar-refractivity contribution is 5.89. The van der Waals surface area contributed by atoms with E-state index in [1.54, 1.807) is 6.92 Å². The van der Waals surface area contributed by atoms with Crippen molar-refractivity contribution in [1.29, 1.82) is 0 Å². The zero-order valence-electron chi connectivity index (χ0n) is 9.10. The smallest absolute Gasteiger partial charge is 0.363 e. The number of hydrogen-bond donors (Lipinski definition) is 1. The Labute approximate surface area is 99.0 Å². The highest BCUT2D eigenvalue weighted by Gasteiger charge is 2.25. The highest BCUT2D eigenvalue weighted by Crippen LogP contribution is 2.16. The Morgan fingerprint density at radius 1 is 1.67 bits per heavy atom. The second kappa shape index (κ2) is 4.24. The molecule has 1 N–H and O–H groups in total. The SMILES string of the molecule is Cc1nc(Cn2cc([N+](=O)[O-])c(C(=O)O)n2)no1. The lowest BCUT2D eigenvalue weighted by Crippen LogP contribution is -2.05. The number of nitro groups is 1. The van der Waals surface area contributed by atoms with Gasteiger partial charge in [0.15, 0.2) is 5.82 Å². The van der Waals surface area contributed by atoms with Crippen molar-refractivity contribution in [1.82, 2.24) is 19.9 Å². The van der Waals surface area contributed by atoms with Gasteiger partial charge < -0.3 is 9.63 Å². The van der Waals surface area contributed by atoms with E-state index in [2.05, 4.69) is 15.2 Å². The normalized spacial score (nSPS) is 10.5. The van der Waals surface area contributed by atoms with Crippen LogP contribution >= 0.6 is 0 Å². The van der Waals surface area contributed by atoms with Crippen molar-refractivity contribution in [3.8, 4) is 0 Å². The highest BCUT2D eigenvalue weighted by atomic mass is 16.6. The quantitative estimate of drug-likeness (QED) is 0.603. The van der Waals surface area contributed by atoms with Gasteiger partial charge in [-0.25, -0.2) is 4.79 Å². The molecule has 2 heterocycles. The second-order valence-corrected chi connectivity index (χ2v) is 3.35. The topological polar surface area (TPSA) is 137 Å². The molecule has 2 aromatic rings. The van der Waals surface area contributed by atoms with Gasteiger partial charge in [0.25, 0.3) is 0 Å². The van der Waals surface area contributed by atoms with Crippen LogP contribution in [0.25, 0.3) is 0 Å². The van der Waals surface area contributed by atoms with Gasteiger partial charge in [-0.2, -0.15) is 10.1 Å². The van der Waals surface area contributed by atoms with E-state index in [0.29, 0.717) is 5.89 Å². The molecule has 0 radical (unpaired) electrons. The molecule has 0 spiro atoms. The molecule has 0 aliphatic rings. The van der Waals surface area contributed by atoms with Crippen LogP contribution in [-0.4, -0.2) is 35.9 Å². The Kier molecular flexibility index (Phi) is 2.75. The van der Waals surface area contributed by atoms with Crippen LogP contribution in [0, 0.1) is 17.0 Å². The molecule has 10 nitrogen and oxygen atoms in total. The van der Waals surface area contributed by atoms with Crippen LogP contribution in [0.15, 0.2) is 10.7 Å². The summed E-state index contributed by atoms with van der Waals surface area (Å²) in [6, 6.07) is 0. The number of carbonyl (C=O) groups is 1. The summed E-state index contributed by atoms with van der Waals surface area (Å²) in [6.07, 6.45) is 1.01. The fraction of sp³-hybridized carbons (Fsp3) is 0.250. The summed E-state index contributed by atoms with van der Waals surface area (Å²) in [6.45, 7) is 1.58. The molecule has 0 amide bonds. The first-order chi connectivity index (χ1) is 8.47. The number of hydrogen-bond acceptors (Lipinski definition) is 7. The summed E-state index contributed by atoms with van der Waals surface area (Å²) in [4.78, 5) is 24.5. The van der Waals surface area contributed by atoms with Gasteiger partial charge in [0.2, 0.25) is 11.6 Å². The zero-order chi connectivity index (χ0) is 13.3. The van der Waals surface area contributed by atoms with E-state index in [9.17, 15) is 14.9 Å². The predicted octanol–water partition coefficient (Wildman–Crippen LogP) is 0.229. The molecule has 0 unspecified atom stereocenters. The number of carboxylic acids is 1. The lowest BCUT2D eigenvalue weighted by atomic mass is 10.4. The van der Waals surface area contributed by atoms with Gasteiger partial charge in [0, 0.05) is 6.92 Å². The van der Waals surface area contributed by atoms with Crippen molar-refractivity contribution in [2.24, 2.45) is 0 Å². The Morgan fingerprint density at radius 3 is 2.83 bits per heavy atom. The monoisotopic (exact) mass is 253 g/mol. The second-order valence-electron chi connectivity index (χ2n) is 3.35. The first kappa shape index (κ1) is 11.7. The predicted molar refractivity (Wildman–Crippen MR) is 54.0 cm³/mol. The zero-order valence-corrected chi connectivity index (χ0v) is 9.10. The van der Waals surface area contributed by atoms with Crippen molar-refractivity contribution >= 4 is 11.7 Å². The maximum Gasteiger partial charge on any atom is 0.363 e. The van der Waals surface area contributed by atoms with Crippen LogP contribution in [-0.2, 0) is 6.54 Å². The first-order valence-corrected chi connectivity index (χ1v) is 4.71. The number of rotatable bonds is 4. The van der Waals surface area contributed by atoms with Gasteiger partial charge in [0.1, 0.15) is 12.7 Å². The molecule has 10 heteroatoms. The molecule has 0 bridgehead atoms. The molecule has 2 aromatic heterocycles. The minimum Gasteiger partial charge on any atom is -0.476 e. The Morgan fingerprint density at radius 2 is 2.39 bits per heavy atom. The van der Waals surface area contributed by atoms with Crippen molar-refractivity contribution in [2.45, 2.75) is 13.5 Å². The number of nitrogens with zero attached hydrogens (tertiary/aromatic N) is 5. The van der Waals surface area contributed by atoms with E-state index in [0.717, 1.165) is 10.9 Å². The summed E-state index contributed by atoms with van der Waals surface area (Å²) in [5, 5.41) is 26.6. The lowest BCUT2D eigenvalue weighted by Gasteiger charge is -1.92. The number of aromatic carboxylic acids is 1. The molecule has 18 heavy (non-hydrogen) atoms. The summed E-state index contributed by atoms with van der Waals surface area (Å²) >= 11 is 0. The molecule has 0 aliphatic heterocycles. The Hall–Kier alpha value is -2.78. The Bertz CT molecular complexity index is 584. The van der Waals surface area contributed by atoms with Crippen LogP contribution in [0.1, 0.15) is 22.2 Å². The molecule has 94 valence electrons. The van der Waals surface area contributed by atoms with Gasteiger partial charge in [-0.1, -0.05) is 5.16 Å². The van der Waals surface area contributed by atoms with Gasteiger partial charge in [-0.05, 0) is 0 Å². The van der Waals surface area contributed by atoms with Crippen LogP contribution in [0.2, 0.25) is 0 Å². The van der Waals surface area contributed by atoms with Crippen LogP contribution in [0.5, 0.6) is 0 Å². The molecular weight excluding hydrogens is 246 g/mol. The maximum atomic E-state index is 10.8. The number of aryl methyl sites for hydroxylation is 1. The van der Waals surface area contributed by atoms with E-state index >= 15 is 0 Å². The molecule has 0 aromatic carbocycles. The third-order valence-corrected chi connectivity index (χ3v) is 2.01. The van der Waals surface area contributed by atoms with Gasteiger partial charge in [0.05, 0.1) is 4.92 Å². The molecule has 0 fully saturated rings. The summed E-state index contributed by atoms with van der Waals surface area (Å²) in [5.74, 6) is -0.878. The third kappa shape index (κ3) is 2.16. The van der Waals surface area contributed by atoms with E-state index in [-0.39, 0.29) is 12.4 Å². The average molecular weight is 253 g/mol. The number of aromatic nitrogens is 4. The largest absolute Gasteiger partial charge is 0.476 e.